The Morgan fingerprint density at radius 2 is 1.46 bits per heavy atom. The molecule has 0 N–H and O–H groups in total. The predicted molar refractivity (Wildman–Crippen MR) is 106 cm³/mol. The minimum atomic E-state index is -0.299. The Kier molecular flexibility index (Phi) is 4.81. The highest BCUT2D eigenvalue weighted by Crippen LogP contribution is 2.26. The molecule has 28 heavy (non-hydrogen) atoms. The van der Waals surface area contributed by atoms with Gasteiger partial charge in [-0.3, -0.25) is 0 Å². The van der Waals surface area contributed by atoms with Crippen molar-refractivity contribution in [3.05, 3.63) is 84.0 Å². The van der Waals surface area contributed by atoms with Crippen LogP contribution in [0.15, 0.2) is 82.2 Å². The number of ether oxygens (including phenoxy) is 2. The van der Waals surface area contributed by atoms with Crippen LogP contribution >= 0.6 is 0 Å². The molecule has 140 valence electrons. The lowest BCUT2D eigenvalue weighted by Crippen LogP contribution is -2.03. The van der Waals surface area contributed by atoms with Gasteiger partial charge in [0.1, 0.15) is 28.7 Å². The third kappa shape index (κ3) is 3.60. The molecule has 0 atom stereocenters. The Morgan fingerprint density at radius 3 is 2.14 bits per heavy atom. The van der Waals surface area contributed by atoms with Gasteiger partial charge in [-0.1, -0.05) is 0 Å². The summed E-state index contributed by atoms with van der Waals surface area (Å²) in [6, 6.07) is 21.1. The van der Waals surface area contributed by atoms with E-state index in [4.69, 9.17) is 18.9 Å². The van der Waals surface area contributed by atoms with Crippen molar-refractivity contribution in [3.8, 4) is 22.8 Å². The van der Waals surface area contributed by atoms with Gasteiger partial charge in [-0.2, -0.15) is 0 Å². The fourth-order valence-electron chi connectivity index (χ4n) is 2.92. The Morgan fingerprint density at radius 1 is 0.786 bits per heavy atom. The van der Waals surface area contributed by atoms with Crippen LogP contribution in [0.3, 0.4) is 0 Å². The zero-order valence-electron chi connectivity index (χ0n) is 15.5. The third-order valence-corrected chi connectivity index (χ3v) is 4.40. The number of hydrogen-bond acceptors (Lipinski definition) is 4. The SMILES string of the molecule is COc1ccc(-c2cc(=Nc3ccc(F)cc3)c3cc(OC)ccc3o2)cc1. The molecule has 4 rings (SSSR count). The van der Waals surface area contributed by atoms with Crippen molar-refractivity contribution in [1.82, 2.24) is 0 Å². The molecule has 1 heterocycles. The Hall–Kier alpha value is -3.60. The fraction of sp³-hybridized carbons (Fsp3) is 0.0870. The van der Waals surface area contributed by atoms with E-state index in [1.165, 1.54) is 12.1 Å². The average Bonchev–Trinajstić information content (AvgIpc) is 2.75. The number of halogens is 1. The summed E-state index contributed by atoms with van der Waals surface area (Å²) in [6.07, 6.45) is 0. The number of rotatable bonds is 4. The molecule has 0 aliphatic carbocycles. The van der Waals surface area contributed by atoms with Crippen LogP contribution < -0.4 is 14.8 Å². The average molecular weight is 375 g/mol. The molecular weight excluding hydrogens is 357 g/mol. The molecule has 0 amide bonds. The monoisotopic (exact) mass is 375 g/mol. The van der Waals surface area contributed by atoms with E-state index >= 15 is 0 Å². The maximum Gasteiger partial charge on any atom is 0.137 e. The normalized spacial score (nSPS) is 11.6. The highest BCUT2D eigenvalue weighted by molar-refractivity contribution is 5.80. The summed E-state index contributed by atoms with van der Waals surface area (Å²) in [7, 11) is 3.24. The van der Waals surface area contributed by atoms with Crippen molar-refractivity contribution < 1.29 is 18.3 Å². The highest BCUT2D eigenvalue weighted by atomic mass is 19.1. The van der Waals surface area contributed by atoms with Gasteiger partial charge in [0.2, 0.25) is 0 Å². The number of nitrogens with zero attached hydrogens (tertiary/aromatic N) is 1. The zero-order chi connectivity index (χ0) is 19.5. The van der Waals surface area contributed by atoms with Crippen LogP contribution in [0.5, 0.6) is 11.5 Å². The van der Waals surface area contributed by atoms with E-state index in [9.17, 15) is 4.39 Å². The molecule has 0 unspecified atom stereocenters. The van der Waals surface area contributed by atoms with E-state index in [2.05, 4.69) is 0 Å². The van der Waals surface area contributed by atoms with Crippen LogP contribution in [-0.2, 0) is 0 Å². The van der Waals surface area contributed by atoms with E-state index < -0.39 is 0 Å². The fourth-order valence-corrected chi connectivity index (χ4v) is 2.92. The van der Waals surface area contributed by atoms with Crippen LogP contribution in [0.4, 0.5) is 10.1 Å². The minimum absolute atomic E-state index is 0.299. The van der Waals surface area contributed by atoms with Gasteiger partial charge >= 0.3 is 0 Å². The van der Waals surface area contributed by atoms with Crippen LogP contribution in [0.2, 0.25) is 0 Å². The van der Waals surface area contributed by atoms with Gasteiger partial charge in [-0.15, -0.1) is 0 Å². The van der Waals surface area contributed by atoms with Gasteiger partial charge in [0.15, 0.2) is 0 Å². The first-order chi connectivity index (χ1) is 13.7. The Balaban J connectivity index is 1.94. The first kappa shape index (κ1) is 17.8. The molecule has 0 aliphatic heterocycles. The van der Waals surface area contributed by atoms with E-state index in [-0.39, 0.29) is 5.82 Å². The van der Waals surface area contributed by atoms with Crippen LogP contribution in [0.25, 0.3) is 22.3 Å². The summed E-state index contributed by atoms with van der Waals surface area (Å²) in [5.74, 6) is 1.84. The smallest absolute Gasteiger partial charge is 0.137 e. The summed E-state index contributed by atoms with van der Waals surface area (Å²) >= 11 is 0. The Bertz CT molecular complexity index is 1180. The molecule has 0 spiro atoms. The topological polar surface area (TPSA) is 44.0 Å². The van der Waals surface area contributed by atoms with E-state index in [1.54, 1.807) is 26.4 Å². The van der Waals surface area contributed by atoms with Crippen molar-refractivity contribution >= 4 is 16.7 Å². The molecular formula is C23H18FNO3. The van der Waals surface area contributed by atoms with Crippen LogP contribution in [0.1, 0.15) is 0 Å². The lowest BCUT2D eigenvalue weighted by atomic mass is 10.1. The second-order valence-electron chi connectivity index (χ2n) is 6.17. The Labute approximate surface area is 161 Å². The number of hydrogen-bond donors (Lipinski definition) is 0. The molecule has 0 bridgehead atoms. The predicted octanol–water partition coefficient (Wildman–Crippen LogP) is 5.49. The highest BCUT2D eigenvalue weighted by Gasteiger charge is 2.08. The standard InChI is InChI=1S/C23H18FNO3/c1-26-18-9-3-15(4-10-18)23-14-21(25-17-7-5-16(24)6-8-17)20-13-19(27-2)11-12-22(20)28-23/h3-14H,1-2H3. The lowest BCUT2D eigenvalue weighted by molar-refractivity contribution is 0.414. The third-order valence-electron chi connectivity index (χ3n) is 4.40. The van der Waals surface area contributed by atoms with Crippen LogP contribution in [-0.4, -0.2) is 14.2 Å². The molecule has 0 aliphatic rings. The van der Waals surface area contributed by atoms with E-state index in [1.807, 2.05) is 48.5 Å². The number of benzene rings is 3. The van der Waals surface area contributed by atoms with Crippen LogP contribution in [0, 0.1) is 5.82 Å². The van der Waals surface area contributed by atoms with E-state index in [0.717, 1.165) is 16.7 Å². The summed E-state index contributed by atoms with van der Waals surface area (Å²) in [4.78, 5) is 4.70. The van der Waals surface area contributed by atoms with Crippen molar-refractivity contribution in [2.24, 2.45) is 4.99 Å². The molecule has 0 saturated heterocycles. The summed E-state index contributed by atoms with van der Waals surface area (Å²) in [5.41, 5.74) is 2.22. The van der Waals surface area contributed by atoms with Gasteiger partial charge in [0.05, 0.1) is 25.3 Å². The maximum absolute atomic E-state index is 13.2. The molecule has 1 aromatic heterocycles. The van der Waals surface area contributed by atoms with Crippen molar-refractivity contribution in [1.29, 1.82) is 0 Å². The summed E-state index contributed by atoms with van der Waals surface area (Å²) < 4.78 is 29.9. The summed E-state index contributed by atoms with van der Waals surface area (Å²) in [6.45, 7) is 0. The van der Waals surface area contributed by atoms with Gasteiger partial charge in [0.25, 0.3) is 0 Å². The zero-order valence-corrected chi connectivity index (χ0v) is 15.5. The second-order valence-corrected chi connectivity index (χ2v) is 6.17. The largest absolute Gasteiger partial charge is 0.497 e. The van der Waals surface area contributed by atoms with Gasteiger partial charge in [-0.25, -0.2) is 9.38 Å². The number of methoxy groups -OCH3 is 2. The lowest BCUT2D eigenvalue weighted by Gasteiger charge is -2.07. The quantitative estimate of drug-likeness (QED) is 0.474. The van der Waals surface area contributed by atoms with Crippen molar-refractivity contribution in [3.63, 3.8) is 0 Å². The first-order valence-corrected chi connectivity index (χ1v) is 8.73. The molecule has 4 aromatic rings. The van der Waals surface area contributed by atoms with Gasteiger partial charge in [0, 0.05) is 17.0 Å². The minimum Gasteiger partial charge on any atom is -0.497 e. The first-order valence-electron chi connectivity index (χ1n) is 8.73. The molecule has 5 heteroatoms. The summed E-state index contributed by atoms with van der Waals surface area (Å²) in [5, 5.41) is 1.51. The molecule has 3 aromatic carbocycles. The maximum atomic E-state index is 13.2. The molecule has 0 saturated carbocycles. The van der Waals surface area contributed by atoms with Crippen molar-refractivity contribution in [2.75, 3.05) is 14.2 Å². The molecule has 0 fully saturated rings. The molecule has 0 radical (unpaired) electrons. The van der Waals surface area contributed by atoms with Gasteiger partial charge < -0.3 is 13.9 Å². The van der Waals surface area contributed by atoms with Gasteiger partial charge in [-0.05, 0) is 66.7 Å². The van der Waals surface area contributed by atoms with E-state index in [0.29, 0.717) is 28.1 Å². The number of fused-ring (bicyclic) bond motifs is 1. The molecule has 4 nitrogen and oxygen atoms in total. The second kappa shape index (κ2) is 7.56. The van der Waals surface area contributed by atoms with Crippen molar-refractivity contribution in [2.45, 2.75) is 0 Å².